The predicted octanol–water partition coefficient (Wildman–Crippen LogP) is 4.77. The molecule has 0 aromatic heterocycles. The van der Waals surface area contributed by atoms with Gasteiger partial charge in [0.1, 0.15) is 0 Å². The molecule has 2 aliphatic heterocycles. The Kier molecular flexibility index (Phi) is 2.71. The summed E-state index contributed by atoms with van der Waals surface area (Å²) in [5.41, 5.74) is 2.63. The fourth-order valence-corrected chi connectivity index (χ4v) is 4.07. The van der Waals surface area contributed by atoms with Crippen molar-refractivity contribution in [1.29, 1.82) is 0 Å². The van der Waals surface area contributed by atoms with Crippen molar-refractivity contribution < 1.29 is 4.74 Å². The van der Waals surface area contributed by atoms with Crippen LogP contribution in [0.1, 0.15) is 43.2 Å². The topological polar surface area (TPSA) is 9.23 Å². The lowest BCUT2D eigenvalue weighted by Crippen LogP contribution is -2.36. The SMILES string of the molecule is c1ccc([C@@]23CCC[C@@](c4ccccc4)(CC2)O3)cc1. The first-order valence-electron chi connectivity index (χ1n) is 7.64. The Hall–Kier alpha value is -1.60. The summed E-state index contributed by atoms with van der Waals surface area (Å²) in [6.45, 7) is 0. The number of fused-ring (bicyclic) bond motifs is 2. The van der Waals surface area contributed by atoms with Gasteiger partial charge in [-0.2, -0.15) is 0 Å². The lowest BCUT2D eigenvalue weighted by atomic mass is 9.85. The van der Waals surface area contributed by atoms with E-state index in [-0.39, 0.29) is 11.2 Å². The van der Waals surface area contributed by atoms with Crippen LogP contribution in [0.5, 0.6) is 0 Å². The molecule has 102 valence electrons. The van der Waals surface area contributed by atoms with Crippen molar-refractivity contribution in [2.24, 2.45) is 0 Å². The monoisotopic (exact) mass is 264 g/mol. The molecule has 2 atom stereocenters. The zero-order valence-corrected chi connectivity index (χ0v) is 11.7. The highest BCUT2D eigenvalue weighted by atomic mass is 16.5. The van der Waals surface area contributed by atoms with Crippen molar-refractivity contribution in [2.45, 2.75) is 43.3 Å². The summed E-state index contributed by atoms with van der Waals surface area (Å²) < 4.78 is 6.74. The van der Waals surface area contributed by atoms with E-state index in [1.807, 2.05) is 0 Å². The molecule has 0 amide bonds. The summed E-state index contributed by atoms with van der Waals surface area (Å²) in [6, 6.07) is 21.6. The van der Waals surface area contributed by atoms with E-state index in [0.717, 1.165) is 25.7 Å². The first kappa shape index (κ1) is 12.2. The molecule has 1 heteroatoms. The van der Waals surface area contributed by atoms with Crippen LogP contribution in [0, 0.1) is 0 Å². The van der Waals surface area contributed by atoms with Gasteiger partial charge in [0.05, 0.1) is 11.2 Å². The van der Waals surface area contributed by atoms with Gasteiger partial charge in [-0.25, -0.2) is 0 Å². The maximum Gasteiger partial charge on any atom is 0.0944 e. The number of benzene rings is 2. The van der Waals surface area contributed by atoms with E-state index in [1.54, 1.807) is 0 Å². The van der Waals surface area contributed by atoms with Crippen LogP contribution in [0.4, 0.5) is 0 Å². The van der Waals surface area contributed by atoms with Gasteiger partial charge in [0.25, 0.3) is 0 Å². The van der Waals surface area contributed by atoms with E-state index in [9.17, 15) is 0 Å². The Bertz CT molecular complexity index is 538. The van der Waals surface area contributed by atoms with Gasteiger partial charge in [0, 0.05) is 0 Å². The normalized spacial score (nSPS) is 32.2. The highest BCUT2D eigenvalue weighted by Gasteiger charge is 2.53. The van der Waals surface area contributed by atoms with E-state index >= 15 is 0 Å². The maximum absolute atomic E-state index is 6.74. The van der Waals surface area contributed by atoms with Crippen molar-refractivity contribution >= 4 is 0 Å². The third-order valence-corrected chi connectivity index (χ3v) is 5.08. The molecule has 4 rings (SSSR count). The molecular formula is C19H20O. The fraction of sp³-hybridized carbons (Fsp3) is 0.368. The second-order valence-corrected chi connectivity index (χ2v) is 6.18. The Morgan fingerprint density at radius 2 is 1.05 bits per heavy atom. The molecule has 2 bridgehead atoms. The molecule has 2 saturated heterocycles. The zero-order valence-electron chi connectivity index (χ0n) is 11.7. The minimum Gasteiger partial charge on any atom is -0.359 e. The van der Waals surface area contributed by atoms with Crippen molar-refractivity contribution in [3.63, 3.8) is 0 Å². The first-order valence-corrected chi connectivity index (χ1v) is 7.64. The van der Waals surface area contributed by atoms with Gasteiger partial charge in [-0.05, 0) is 43.2 Å². The van der Waals surface area contributed by atoms with Crippen molar-refractivity contribution in [3.05, 3.63) is 71.8 Å². The fourth-order valence-electron chi connectivity index (χ4n) is 4.07. The molecule has 0 spiro atoms. The van der Waals surface area contributed by atoms with E-state index in [0.29, 0.717) is 0 Å². The van der Waals surface area contributed by atoms with E-state index in [2.05, 4.69) is 60.7 Å². The van der Waals surface area contributed by atoms with E-state index in [4.69, 9.17) is 4.74 Å². The highest BCUT2D eigenvalue weighted by Crippen LogP contribution is 2.57. The summed E-state index contributed by atoms with van der Waals surface area (Å²) in [4.78, 5) is 0. The quantitative estimate of drug-likeness (QED) is 0.759. The summed E-state index contributed by atoms with van der Waals surface area (Å²) in [7, 11) is 0. The largest absolute Gasteiger partial charge is 0.359 e. The molecule has 2 heterocycles. The number of hydrogen-bond acceptors (Lipinski definition) is 1. The molecule has 0 N–H and O–H groups in total. The van der Waals surface area contributed by atoms with Crippen LogP contribution < -0.4 is 0 Å². The molecule has 2 aromatic carbocycles. The molecule has 2 fully saturated rings. The highest BCUT2D eigenvalue weighted by molar-refractivity contribution is 5.30. The molecule has 0 radical (unpaired) electrons. The molecular weight excluding hydrogens is 244 g/mol. The third-order valence-electron chi connectivity index (χ3n) is 5.08. The number of rotatable bonds is 2. The zero-order chi connectivity index (χ0) is 13.5. The third kappa shape index (κ3) is 1.73. The van der Waals surface area contributed by atoms with Crippen LogP contribution in [0.15, 0.2) is 60.7 Å². The Morgan fingerprint density at radius 1 is 0.600 bits per heavy atom. The van der Waals surface area contributed by atoms with Crippen molar-refractivity contribution in [3.8, 4) is 0 Å². The first-order chi connectivity index (χ1) is 9.83. The van der Waals surface area contributed by atoms with Gasteiger partial charge in [-0.3, -0.25) is 0 Å². The molecule has 2 aliphatic rings. The summed E-state index contributed by atoms with van der Waals surface area (Å²) >= 11 is 0. The molecule has 20 heavy (non-hydrogen) atoms. The van der Waals surface area contributed by atoms with E-state index in [1.165, 1.54) is 17.5 Å². The lowest BCUT2D eigenvalue weighted by Gasteiger charge is -2.41. The Morgan fingerprint density at radius 3 is 1.50 bits per heavy atom. The standard InChI is InChI=1S/C19H20O/c1-3-8-16(9-4-1)18-12-7-13-19(20-18,15-14-18)17-10-5-2-6-11-17/h1-6,8-11H,7,12-15H2/t18-,19+. The molecule has 0 saturated carbocycles. The van der Waals surface area contributed by atoms with Crippen LogP contribution in [0.25, 0.3) is 0 Å². The number of ether oxygens (including phenoxy) is 1. The second-order valence-electron chi connectivity index (χ2n) is 6.18. The van der Waals surface area contributed by atoms with Crippen molar-refractivity contribution in [2.75, 3.05) is 0 Å². The summed E-state index contributed by atoms with van der Waals surface area (Å²) in [5, 5.41) is 0. The molecule has 0 aliphatic carbocycles. The minimum absolute atomic E-state index is 0.0463. The van der Waals surface area contributed by atoms with Gasteiger partial charge >= 0.3 is 0 Å². The van der Waals surface area contributed by atoms with Gasteiger partial charge in [-0.1, -0.05) is 60.7 Å². The van der Waals surface area contributed by atoms with Gasteiger partial charge in [-0.15, -0.1) is 0 Å². The smallest absolute Gasteiger partial charge is 0.0944 e. The average molecular weight is 264 g/mol. The van der Waals surface area contributed by atoms with Crippen LogP contribution >= 0.6 is 0 Å². The molecule has 0 unspecified atom stereocenters. The van der Waals surface area contributed by atoms with Crippen LogP contribution in [0.3, 0.4) is 0 Å². The van der Waals surface area contributed by atoms with Gasteiger partial charge in [0.15, 0.2) is 0 Å². The Labute approximate surface area is 120 Å². The van der Waals surface area contributed by atoms with Crippen LogP contribution in [-0.4, -0.2) is 0 Å². The lowest BCUT2D eigenvalue weighted by molar-refractivity contribution is -0.149. The van der Waals surface area contributed by atoms with Crippen LogP contribution in [0.2, 0.25) is 0 Å². The van der Waals surface area contributed by atoms with Gasteiger partial charge < -0.3 is 4.74 Å². The second kappa shape index (κ2) is 4.46. The minimum atomic E-state index is -0.0463. The van der Waals surface area contributed by atoms with Gasteiger partial charge in [0.2, 0.25) is 0 Å². The maximum atomic E-state index is 6.74. The Balaban J connectivity index is 1.74. The van der Waals surface area contributed by atoms with Crippen molar-refractivity contribution in [1.82, 2.24) is 0 Å². The van der Waals surface area contributed by atoms with E-state index < -0.39 is 0 Å². The summed E-state index contributed by atoms with van der Waals surface area (Å²) in [6.07, 6.45) is 5.86. The average Bonchev–Trinajstić information content (AvgIpc) is 2.82. The van der Waals surface area contributed by atoms with Crippen LogP contribution in [-0.2, 0) is 15.9 Å². The number of hydrogen-bond donors (Lipinski definition) is 0. The molecule has 2 aromatic rings. The summed E-state index contributed by atoms with van der Waals surface area (Å²) in [5.74, 6) is 0. The predicted molar refractivity (Wildman–Crippen MR) is 80.4 cm³/mol. The molecule has 1 nitrogen and oxygen atoms in total.